The van der Waals surface area contributed by atoms with E-state index < -0.39 is 17.9 Å². The fraction of sp³-hybridized carbons (Fsp3) is 0.750. The molecule has 7 heteroatoms. The SMILES string of the molecule is Cc1cc(CN2C[C@@H](F)C[C@H]2CN(C)C(=O)OC(C)(C)C)on1. The Balaban J connectivity index is 1.95. The van der Waals surface area contributed by atoms with E-state index in [9.17, 15) is 9.18 Å². The second-order valence-electron chi connectivity index (χ2n) is 7.21. The number of nitrogens with zero attached hydrogens (tertiary/aromatic N) is 3. The molecule has 0 saturated carbocycles. The Morgan fingerprint density at radius 2 is 2.26 bits per heavy atom. The molecule has 0 aliphatic carbocycles. The topological polar surface area (TPSA) is 58.8 Å². The standard InChI is InChI=1S/C16H26FN3O3/c1-11-6-14(23-18-11)10-20-8-12(17)7-13(20)9-19(5)15(21)22-16(2,3)4/h6,12-13H,7-10H2,1-5H3/t12-,13-/m0/s1. The van der Waals surface area contributed by atoms with Gasteiger partial charge in [-0.2, -0.15) is 0 Å². The quantitative estimate of drug-likeness (QED) is 0.851. The number of carbonyl (C=O) groups excluding carboxylic acids is 1. The Kier molecular flexibility index (Phi) is 5.29. The monoisotopic (exact) mass is 327 g/mol. The van der Waals surface area contributed by atoms with Gasteiger partial charge in [-0.1, -0.05) is 5.16 Å². The number of carbonyl (C=O) groups is 1. The molecule has 0 bridgehead atoms. The molecule has 1 saturated heterocycles. The predicted molar refractivity (Wildman–Crippen MR) is 83.8 cm³/mol. The minimum absolute atomic E-state index is 0.0621. The molecular weight excluding hydrogens is 301 g/mol. The average Bonchev–Trinajstić information content (AvgIpc) is 2.94. The van der Waals surface area contributed by atoms with E-state index in [1.54, 1.807) is 7.05 Å². The van der Waals surface area contributed by atoms with E-state index in [2.05, 4.69) is 5.16 Å². The number of alkyl halides is 1. The second-order valence-corrected chi connectivity index (χ2v) is 7.21. The zero-order chi connectivity index (χ0) is 17.2. The van der Waals surface area contributed by atoms with Gasteiger partial charge in [0.05, 0.1) is 12.2 Å². The molecule has 1 aliphatic rings. The minimum Gasteiger partial charge on any atom is -0.444 e. The molecular formula is C16H26FN3O3. The molecule has 0 unspecified atom stereocenters. The molecule has 2 atom stereocenters. The summed E-state index contributed by atoms with van der Waals surface area (Å²) >= 11 is 0. The number of hydrogen-bond donors (Lipinski definition) is 0. The van der Waals surface area contributed by atoms with Crippen LogP contribution in [0.15, 0.2) is 10.6 Å². The zero-order valence-corrected chi connectivity index (χ0v) is 14.5. The lowest BCUT2D eigenvalue weighted by atomic mass is 10.2. The van der Waals surface area contributed by atoms with Gasteiger partial charge in [0.2, 0.25) is 0 Å². The van der Waals surface area contributed by atoms with Crippen LogP contribution in [0.2, 0.25) is 0 Å². The smallest absolute Gasteiger partial charge is 0.410 e. The van der Waals surface area contributed by atoms with Crippen molar-refractivity contribution in [2.24, 2.45) is 0 Å². The first-order valence-electron chi connectivity index (χ1n) is 7.88. The van der Waals surface area contributed by atoms with E-state index in [1.807, 2.05) is 38.7 Å². The van der Waals surface area contributed by atoms with E-state index in [0.717, 1.165) is 5.69 Å². The molecule has 23 heavy (non-hydrogen) atoms. The van der Waals surface area contributed by atoms with Gasteiger partial charge in [0, 0.05) is 32.2 Å². The highest BCUT2D eigenvalue weighted by atomic mass is 19.1. The lowest BCUT2D eigenvalue weighted by Gasteiger charge is -2.29. The van der Waals surface area contributed by atoms with Gasteiger partial charge in [-0.25, -0.2) is 9.18 Å². The van der Waals surface area contributed by atoms with Gasteiger partial charge in [-0.3, -0.25) is 4.90 Å². The first-order valence-corrected chi connectivity index (χ1v) is 7.88. The maximum Gasteiger partial charge on any atom is 0.410 e. The van der Waals surface area contributed by atoms with Gasteiger partial charge in [-0.15, -0.1) is 0 Å². The second kappa shape index (κ2) is 6.86. The highest BCUT2D eigenvalue weighted by Crippen LogP contribution is 2.24. The molecule has 1 amide bonds. The van der Waals surface area contributed by atoms with Crippen molar-refractivity contribution in [1.82, 2.24) is 15.0 Å². The normalized spacial score (nSPS) is 22.3. The molecule has 1 aromatic heterocycles. The predicted octanol–water partition coefficient (Wildman–Crippen LogP) is 2.76. The first-order chi connectivity index (χ1) is 10.6. The van der Waals surface area contributed by atoms with Crippen LogP contribution in [0, 0.1) is 6.92 Å². The van der Waals surface area contributed by atoms with Crippen molar-refractivity contribution in [3.05, 3.63) is 17.5 Å². The third-order valence-corrected chi connectivity index (χ3v) is 3.70. The van der Waals surface area contributed by atoms with Gasteiger partial charge in [0.15, 0.2) is 5.76 Å². The van der Waals surface area contributed by atoms with E-state index in [-0.39, 0.29) is 6.04 Å². The fourth-order valence-corrected chi connectivity index (χ4v) is 2.73. The summed E-state index contributed by atoms with van der Waals surface area (Å²) in [5.74, 6) is 0.710. The van der Waals surface area contributed by atoms with Crippen molar-refractivity contribution in [3.8, 4) is 0 Å². The molecule has 1 fully saturated rings. The number of hydrogen-bond acceptors (Lipinski definition) is 5. The van der Waals surface area contributed by atoms with Gasteiger partial charge in [-0.05, 0) is 34.1 Å². The Morgan fingerprint density at radius 3 is 2.83 bits per heavy atom. The van der Waals surface area contributed by atoms with Crippen LogP contribution in [-0.2, 0) is 11.3 Å². The van der Waals surface area contributed by atoms with Gasteiger partial charge < -0.3 is 14.2 Å². The molecule has 0 spiro atoms. The number of aryl methyl sites for hydroxylation is 1. The number of rotatable bonds is 4. The fourth-order valence-electron chi connectivity index (χ4n) is 2.73. The molecule has 6 nitrogen and oxygen atoms in total. The van der Waals surface area contributed by atoms with Crippen molar-refractivity contribution >= 4 is 6.09 Å². The van der Waals surface area contributed by atoms with Crippen LogP contribution in [0.4, 0.5) is 9.18 Å². The molecule has 2 heterocycles. The van der Waals surface area contributed by atoms with E-state index in [0.29, 0.717) is 31.8 Å². The van der Waals surface area contributed by atoms with Crippen LogP contribution >= 0.6 is 0 Å². The lowest BCUT2D eigenvalue weighted by Crippen LogP contribution is -2.42. The van der Waals surface area contributed by atoms with E-state index in [4.69, 9.17) is 9.26 Å². The number of likely N-dealkylation sites (tertiary alicyclic amines) is 1. The molecule has 0 radical (unpaired) electrons. The highest BCUT2D eigenvalue weighted by Gasteiger charge is 2.34. The van der Waals surface area contributed by atoms with Crippen LogP contribution in [0.1, 0.15) is 38.6 Å². The van der Waals surface area contributed by atoms with Crippen LogP contribution in [0.5, 0.6) is 0 Å². The third-order valence-electron chi connectivity index (χ3n) is 3.70. The van der Waals surface area contributed by atoms with Crippen molar-refractivity contribution in [2.45, 2.75) is 58.5 Å². The highest BCUT2D eigenvalue weighted by molar-refractivity contribution is 5.67. The molecule has 0 aromatic carbocycles. The summed E-state index contributed by atoms with van der Waals surface area (Å²) in [6.45, 7) is 8.57. The van der Waals surface area contributed by atoms with Crippen molar-refractivity contribution in [2.75, 3.05) is 20.1 Å². The zero-order valence-electron chi connectivity index (χ0n) is 14.5. The summed E-state index contributed by atoms with van der Waals surface area (Å²) in [5.41, 5.74) is 0.263. The number of amides is 1. The summed E-state index contributed by atoms with van der Waals surface area (Å²) in [6.07, 6.45) is -0.883. The number of ether oxygens (including phenoxy) is 1. The van der Waals surface area contributed by atoms with E-state index >= 15 is 0 Å². The number of halogens is 1. The van der Waals surface area contributed by atoms with Crippen LogP contribution in [0.25, 0.3) is 0 Å². The maximum absolute atomic E-state index is 13.8. The lowest BCUT2D eigenvalue weighted by molar-refractivity contribution is 0.0254. The summed E-state index contributed by atoms with van der Waals surface area (Å²) in [6, 6.07) is 1.79. The number of aromatic nitrogens is 1. The van der Waals surface area contributed by atoms with Crippen molar-refractivity contribution in [3.63, 3.8) is 0 Å². The summed E-state index contributed by atoms with van der Waals surface area (Å²) in [5, 5.41) is 3.85. The largest absolute Gasteiger partial charge is 0.444 e. The van der Waals surface area contributed by atoms with Crippen molar-refractivity contribution < 1.29 is 18.4 Å². The molecule has 1 aliphatic heterocycles. The Bertz CT molecular complexity index is 541. The minimum atomic E-state index is -0.893. The van der Waals surface area contributed by atoms with Gasteiger partial charge in [0.1, 0.15) is 11.8 Å². The molecule has 1 aromatic rings. The van der Waals surface area contributed by atoms with Crippen molar-refractivity contribution in [1.29, 1.82) is 0 Å². The van der Waals surface area contributed by atoms with Crippen LogP contribution in [0.3, 0.4) is 0 Å². The Hall–Kier alpha value is -1.63. The van der Waals surface area contributed by atoms with Gasteiger partial charge in [0.25, 0.3) is 0 Å². The Morgan fingerprint density at radius 1 is 1.57 bits per heavy atom. The summed E-state index contributed by atoms with van der Waals surface area (Å²) in [7, 11) is 1.68. The van der Waals surface area contributed by atoms with E-state index in [1.165, 1.54) is 4.90 Å². The number of likely N-dealkylation sites (N-methyl/N-ethyl adjacent to an activating group) is 1. The maximum atomic E-state index is 13.8. The third kappa shape index (κ3) is 5.20. The molecule has 130 valence electrons. The summed E-state index contributed by atoms with van der Waals surface area (Å²) in [4.78, 5) is 15.6. The van der Waals surface area contributed by atoms with Gasteiger partial charge >= 0.3 is 6.09 Å². The van der Waals surface area contributed by atoms with Crippen LogP contribution in [-0.4, -0.2) is 59.0 Å². The average molecular weight is 327 g/mol. The Labute approximate surface area is 136 Å². The van der Waals surface area contributed by atoms with Crippen LogP contribution < -0.4 is 0 Å². The molecule has 2 rings (SSSR count). The molecule has 0 N–H and O–H groups in total. The summed E-state index contributed by atoms with van der Waals surface area (Å²) < 4.78 is 24.4. The first kappa shape index (κ1) is 17.7.